The number of para-hydroxylation sites is 1. The van der Waals surface area contributed by atoms with Gasteiger partial charge in [-0.25, -0.2) is 8.42 Å². The summed E-state index contributed by atoms with van der Waals surface area (Å²) in [6.45, 7) is 1.48. The number of ether oxygens (including phenoxy) is 1. The highest BCUT2D eigenvalue weighted by Gasteiger charge is 2.19. The molecule has 1 N–H and O–H groups in total. The lowest BCUT2D eigenvalue weighted by atomic mass is 10.2. The van der Waals surface area contributed by atoms with Crippen LogP contribution >= 0.6 is 0 Å². The molecule has 0 aliphatic rings. The zero-order valence-corrected chi connectivity index (χ0v) is 16.3. The fraction of sp³-hybridized carbons (Fsp3) is 0.150. The van der Waals surface area contributed by atoms with Crippen molar-refractivity contribution in [1.82, 2.24) is 9.71 Å². The van der Waals surface area contributed by atoms with Crippen LogP contribution in [0.4, 0.5) is 5.69 Å². The standard InChI is InChI=1S/C20H17N3O5S/c1-15-9-10-17(23(24)25)14-19(15)29(26,27)22-12-2-3-13-28-18-8-4-6-16-7-5-11-21-20(16)18/h4-11,14,22H,12-13H2,1H3. The van der Waals surface area contributed by atoms with Crippen LogP contribution in [0.3, 0.4) is 0 Å². The molecule has 0 saturated heterocycles. The molecule has 148 valence electrons. The number of non-ortho nitro benzene ring substituents is 1. The predicted molar refractivity (Wildman–Crippen MR) is 108 cm³/mol. The molecule has 0 aliphatic carbocycles. The maximum atomic E-state index is 12.4. The number of nitrogens with zero attached hydrogens (tertiary/aromatic N) is 2. The molecule has 0 unspecified atom stereocenters. The first-order chi connectivity index (χ1) is 13.9. The van der Waals surface area contributed by atoms with Crippen LogP contribution in [0.5, 0.6) is 5.75 Å². The summed E-state index contributed by atoms with van der Waals surface area (Å²) < 4.78 is 32.7. The minimum atomic E-state index is -3.92. The van der Waals surface area contributed by atoms with Gasteiger partial charge in [-0.3, -0.25) is 15.1 Å². The minimum Gasteiger partial charge on any atom is -0.479 e. The Hall–Kier alpha value is -3.48. The number of benzene rings is 2. The molecule has 0 amide bonds. The summed E-state index contributed by atoms with van der Waals surface area (Å²) in [6.07, 6.45) is 1.67. The number of nitro groups is 1. The summed E-state index contributed by atoms with van der Waals surface area (Å²) in [5.74, 6) is 5.99. The average molecular weight is 411 g/mol. The van der Waals surface area contributed by atoms with E-state index in [9.17, 15) is 18.5 Å². The van der Waals surface area contributed by atoms with Crippen LogP contribution in [0, 0.1) is 28.9 Å². The number of hydrogen-bond donors (Lipinski definition) is 1. The normalized spacial score (nSPS) is 10.9. The Morgan fingerprint density at radius 1 is 1.17 bits per heavy atom. The Morgan fingerprint density at radius 2 is 1.97 bits per heavy atom. The summed E-state index contributed by atoms with van der Waals surface area (Å²) >= 11 is 0. The minimum absolute atomic E-state index is 0.0627. The number of aromatic nitrogens is 1. The number of hydrogen-bond acceptors (Lipinski definition) is 6. The molecule has 8 nitrogen and oxygen atoms in total. The smallest absolute Gasteiger partial charge is 0.270 e. The maximum absolute atomic E-state index is 12.4. The Morgan fingerprint density at radius 3 is 2.76 bits per heavy atom. The van der Waals surface area contributed by atoms with Crippen LogP contribution in [0.15, 0.2) is 59.6 Å². The second-order valence-corrected chi connectivity index (χ2v) is 7.74. The average Bonchev–Trinajstić information content (AvgIpc) is 2.70. The van der Waals surface area contributed by atoms with Crippen molar-refractivity contribution >= 4 is 26.6 Å². The van der Waals surface area contributed by atoms with Crippen molar-refractivity contribution in [2.24, 2.45) is 0 Å². The van der Waals surface area contributed by atoms with E-state index in [-0.39, 0.29) is 23.7 Å². The zero-order valence-electron chi connectivity index (χ0n) is 15.5. The van der Waals surface area contributed by atoms with Gasteiger partial charge in [0.1, 0.15) is 17.9 Å². The van der Waals surface area contributed by atoms with Crippen molar-refractivity contribution < 1.29 is 18.1 Å². The van der Waals surface area contributed by atoms with Gasteiger partial charge in [-0.1, -0.05) is 36.1 Å². The third-order valence-corrected chi connectivity index (χ3v) is 5.59. The van der Waals surface area contributed by atoms with Crippen LogP contribution < -0.4 is 9.46 Å². The lowest BCUT2D eigenvalue weighted by Crippen LogP contribution is -2.25. The first-order valence-corrected chi connectivity index (χ1v) is 10.0. The molecule has 1 aromatic heterocycles. The monoisotopic (exact) mass is 411 g/mol. The van der Waals surface area contributed by atoms with Crippen molar-refractivity contribution in [3.05, 3.63) is 70.4 Å². The van der Waals surface area contributed by atoms with Crippen LogP contribution in [0.1, 0.15) is 5.56 Å². The van der Waals surface area contributed by atoms with Gasteiger partial charge in [0.15, 0.2) is 0 Å². The van der Waals surface area contributed by atoms with Gasteiger partial charge in [0.2, 0.25) is 10.0 Å². The molecule has 29 heavy (non-hydrogen) atoms. The van der Waals surface area contributed by atoms with Crippen molar-refractivity contribution in [3.63, 3.8) is 0 Å². The highest BCUT2D eigenvalue weighted by molar-refractivity contribution is 7.89. The van der Waals surface area contributed by atoms with Crippen molar-refractivity contribution in [2.75, 3.05) is 13.2 Å². The number of nitro benzene ring substituents is 1. The summed E-state index contributed by atoms with van der Waals surface area (Å²) in [6, 6.07) is 13.0. The molecule has 1 heterocycles. The van der Waals surface area contributed by atoms with Crippen LogP contribution in [-0.2, 0) is 10.0 Å². The van der Waals surface area contributed by atoms with Gasteiger partial charge in [0.05, 0.1) is 16.4 Å². The van der Waals surface area contributed by atoms with E-state index in [0.29, 0.717) is 11.3 Å². The van der Waals surface area contributed by atoms with E-state index < -0.39 is 14.9 Å². The Labute approximate surface area is 167 Å². The molecule has 0 spiro atoms. The predicted octanol–water partition coefficient (Wildman–Crippen LogP) is 2.81. The van der Waals surface area contributed by atoms with Crippen molar-refractivity contribution in [1.29, 1.82) is 0 Å². The lowest BCUT2D eigenvalue weighted by molar-refractivity contribution is -0.385. The molecule has 0 fully saturated rings. The van der Waals surface area contributed by atoms with Gasteiger partial charge in [-0.15, -0.1) is 0 Å². The van der Waals surface area contributed by atoms with Gasteiger partial charge < -0.3 is 4.74 Å². The van der Waals surface area contributed by atoms with E-state index in [4.69, 9.17) is 4.74 Å². The second-order valence-electron chi connectivity index (χ2n) is 6.00. The number of rotatable bonds is 6. The maximum Gasteiger partial charge on any atom is 0.270 e. The molecule has 3 aromatic rings. The molecule has 0 atom stereocenters. The summed E-state index contributed by atoms with van der Waals surface area (Å²) in [7, 11) is -3.92. The fourth-order valence-corrected chi connectivity index (χ4v) is 3.81. The Kier molecular flexibility index (Phi) is 6.07. The quantitative estimate of drug-likeness (QED) is 0.379. The molecule has 2 aromatic carbocycles. The molecule has 0 aliphatic heterocycles. The van der Waals surface area contributed by atoms with E-state index in [1.165, 1.54) is 12.1 Å². The van der Waals surface area contributed by atoms with Crippen LogP contribution in [0.2, 0.25) is 0 Å². The van der Waals surface area contributed by atoms with E-state index >= 15 is 0 Å². The lowest BCUT2D eigenvalue weighted by Gasteiger charge is -2.07. The highest BCUT2D eigenvalue weighted by Crippen LogP contribution is 2.23. The Bertz CT molecular complexity index is 1220. The van der Waals surface area contributed by atoms with Crippen molar-refractivity contribution in [3.8, 4) is 17.6 Å². The number of fused-ring (bicyclic) bond motifs is 1. The van der Waals surface area contributed by atoms with E-state index in [1.54, 1.807) is 19.2 Å². The Balaban J connectivity index is 1.61. The number of pyridine rings is 1. The van der Waals surface area contributed by atoms with E-state index in [0.717, 1.165) is 17.0 Å². The first-order valence-electron chi connectivity index (χ1n) is 8.55. The van der Waals surface area contributed by atoms with Crippen LogP contribution in [0.25, 0.3) is 10.9 Å². The van der Waals surface area contributed by atoms with Gasteiger partial charge in [-0.2, -0.15) is 4.72 Å². The molecule has 9 heteroatoms. The fourth-order valence-electron chi connectivity index (χ4n) is 2.62. The first kappa shape index (κ1) is 20.3. The van der Waals surface area contributed by atoms with Gasteiger partial charge in [0, 0.05) is 23.7 Å². The highest BCUT2D eigenvalue weighted by atomic mass is 32.2. The molecule has 0 saturated carbocycles. The third-order valence-electron chi connectivity index (χ3n) is 4.04. The molecular weight excluding hydrogens is 394 g/mol. The zero-order chi connectivity index (χ0) is 20.9. The molecule has 0 radical (unpaired) electrons. The number of aryl methyl sites for hydroxylation is 1. The second kappa shape index (κ2) is 8.68. The summed E-state index contributed by atoms with van der Waals surface area (Å²) in [5, 5.41) is 11.8. The van der Waals surface area contributed by atoms with Gasteiger partial charge in [-0.05, 0) is 24.6 Å². The van der Waals surface area contributed by atoms with Gasteiger partial charge >= 0.3 is 0 Å². The van der Waals surface area contributed by atoms with E-state index in [2.05, 4.69) is 21.5 Å². The number of sulfonamides is 1. The molecule has 3 rings (SSSR count). The largest absolute Gasteiger partial charge is 0.479 e. The molecular formula is C20H17N3O5S. The van der Waals surface area contributed by atoms with Crippen LogP contribution in [-0.4, -0.2) is 31.5 Å². The number of nitrogens with one attached hydrogen (secondary N) is 1. The van der Waals surface area contributed by atoms with Gasteiger partial charge in [0.25, 0.3) is 5.69 Å². The summed E-state index contributed by atoms with van der Waals surface area (Å²) in [5.41, 5.74) is 0.834. The van der Waals surface area contributed by atoms with Crippen molar-refractivity contribution in [2.45, 2.75) is 11.8 Å². The SMILES string of the molecule is Cc1ccc([N+](=O)[O-])cc1S(=O)(=O)NCC#CCOc1cccc2cccnc12. The topological polar surface area (TPSA) is 111 Å². The summed E-state index contributed by atoms with van der Waals surface area (Å²) in [4.78, 5) is 14.4. The van der Waals surface area contributed by atoms with E-state index in [1.807, 2.05) is 24.3 Å². The molecule has 0 bridgehead atoms. The third kappa shape index (κ3) is 4.87.